The van der Waals surface area contributed by atoms with Crippen LogP contribution in [0.3, 0.4) is 0 Å². The molecule has 4 rings (SSSR count). The molecule has 160 valence electrons. The summed E-state index contributed by atoms with van der Waals surface area (Å²) in [5, 5.41) is 3.54. The minimum Gasteiger partial charge on any atom is -0.465 e. The lowest BCUT2D eigenvalue weighted by Gasteiger charge is -2.22. The smallest absolute Gasteiger partial charge is 0.341 e. The Morgan fingerprint density at radius 3 is 2.61 bits per heavy atom. The van der Waals surface area contributed by atoms with Crippen molar-refractivity contribution in [3.63, 3.8) is 0 Å². The summed E-state index contributed by atoms with van der Waals surface area (Å²) in [4.78, 5) is 27.3. The van der Waals surface area contributed by atoms with Gasteiger partial charge in [-0.25, -0.2) is 4.79 Å². The number of nitrogens with one attached hydrogen (secondary N) is 1. The van der Waals surface area contributed by atoms with Gasteiger partial charge in [0.1, 0.15) is 5.00 Å². The van der Waals surface area contributed by atoms with E-state index in [-0.39, 0.29) is 11.7 Å². The Labute approximate surface area is 190 Å². The number of thiophene rings is 1. The Kier molecular flexibility index (Phi) is 6.63. The Morgan fingerprint density at radius 1 is 1.16 bits per heavy atom. The van der Waals surface area contributed by atoms with Crippen molar-refractivity contribution in [2.24, 2.45) is 0 Å². The number of ether oxygens (including phenoxy) is 1. The number of esters is 1. The van der Waals surface area contributed by atoms with E-state index in [1.807, 2.05) is 30.3 Å². The fraction of sp³-hybridized carbons (Fsp3) is 0.250. The SMILES string of the molecule is COC(=O)c1c(NC(=O)CSc2ccc(N)cc2)sc2c1CCC(c1ccccc1)C2. The molecule has 1 aromatic heterocycles. The van der Waals surface area contributed by atoms with Crippen LogP contribution in [0.25, 0.3) is 0 Å². The number of nitrogens with two attached hydrogens (primary N) is 1. The molecule has 0 saturated heterocycles. The number of benzene rings is 2. The van der Waals surface area contributed by atoms with Gasteiger partial charge in [-0.15, -0.1) is 23.1 Å². The van der Waals surface area contributed by atoms with Gasteiger partial charge in [-0.2, -0.15) is 0 Å². The van der Waals surface area contributed by atoms with Gasteiger partial charge >= 0.3 is 5.97 Å². The van der Waals surface area contributed by atoms with E-state index in [9.17, 15) is 9.59 Å². The first kappa shape index (κ1) is 21.5. The monoisotopic (exact) mass is 452 g/mol. The van der Waals surface area contributed by atoms with Gasteiger partial charge in [0.25, 0.3) is 0 Å². The molecule has 0 radical (unpaired) electrons. The summed E-state index contributed by atoms with van der Waals surface area (Å²) in [6.45, 7) is 0. The van der Waals surface area contributed by atoms with Gasteiger partial charge in [-0.1, -0.05) is 30.3 Å². The van der Waals surface area contributed by atoms with Gasteiger partial charge in [0.05, 0.1) is 18.4 Å². The largest absolute Gasteiger partial charge is 0.465 e. The second-order valence-electron chi connectivity index (χ2n) is 7.46. The summed E-state index contributed by atoms with van der Waals surface area (Å²) in [6.07, 6.45) is 2.63. The minimum absolute atomic E-state index is 0.148. The Balaban J connectivity index is 1.51. The van der Waals surface area contributed by atoms with Crippen molar-refractivity contribution in [3.05, 3.63) is 76.2 Å². The molecule has 0 fully saturated rings. The highest BCUT2D eigenvalue weighted by Gasteiger charge is 2.30. The van der Waals surface area contributed by atoms with E-state index in [0.29, 0.717) is 22.2 Å². The lowest BCUT2D eigenvalue weighted by Crippen LogP contribution is -2.17. The molecule has 1 amide bonds. The fourth-order valence-electron chi connectivity index (χ4n) is 3.88. The molecule has 1 unspecified atom stereocenters. The first-order valence-corrected chi connectivity index (χ1v) is 11.9. The summed E-state index contributed by atoms with van der Waals surface area (Å²) in [5.41, 5.74) is 9.24. The molecule has 7 heteroatoms. The molecular weight excluding hydrogens is 428 g/mol. The Bertz CT molecular complexity index is 1080. The number of amides is 1. The number of hydrogen-bond donors (Lipinski definition) is 2. The van der Waals surface area contributed by atoms with Gasteiger partial charge in [-0.05, 0) is 60.6 Å². The first-order chi connectivity index (χ1) is 15.0. The van der Waals surface area contributed by atoms with Gasteiger partial charge in [0.2, 0.25) is 5.91 Å². The van der Waals surface area contributed by atoms with E-state index < -0.39 is 5.97 Å². The third kappa shape index (κ3) is 4.94. The number of thioether (sulfide) groups is 1. The predicted octanol–water partition coefficient (Wildman–Crippen LogP) is 5.12. The molecular formula is C24H24N2O3S2. The number of fused-ring (bicyclic) bond motifs is 1. The van der Waals surface area contributed by atoms with Crippen LogP contribution in [-0.2, 0) is 22.4 Å². The maximum Gasteiger partial charge on any atom is 0.341 e. The highest BCUT2D eigenvalue weighted by molar-refractivity contribution is 8.00. The molecule has 3 aromatic rings. The van der Waals surface area contributed by atoms with Crippen molar-refractivity contribution in [2.75, 3.05) is 23.9 Å². The van der Waals surface area contributed by atoms with E-state index >= 15 is 0 Å². The molecule has 1 atom stereocenters. The summed E-state index contributed by atoms with van der Waals surface area (Å²) < 4.78 is 5.03. The van der Waals surface area contributed by atoms with Crippen LogP contribution in [0, 0.1) is 0 Å². The molecule has 1 aliphatic carbocycles. The molecule has 0 bridgehead atoms. The summed E-state index contributed by atoms with van der Waals surface area (Å²) in [7, 11) is 1.38. The first-order valence-electron chi connectivity index (χ1n) is 10.1. The number of hydrogen-bond acceptors (Lipinski definition) is 6. The van der Waals surface area contributed by atoms with Crippen molar-refractivity contribution < 1.29 is 14.3 Å². The zero-order valence-electron chi connectivity index (χ0n) is 17.2. The molecule has 5 nitrogen and oxygen atoms in total. The van der Waals surface area contributed by atoms with E-state index in [1.54, 1.807) is 0 Å². The van der Waals surface area contributed by atoms with Crippen molar-refractivity contribution >= 4 is 45.7 Å². The highest BCUT2D eigenvalue weighted by Crippen LogP contribution is 2.42. The molecule has 0 spiro atoms. The number of nitrogen functional groups attached to an aromatic ring is 1. The molecule has 1 heterocycles. The second-order valence-corrected chi connectivity index (χ2v) is 9.61. The maximum absolute atomic E-state index is 12.6. The average molecular weight is 453 g/mol. The zero-order valence-corrected chi connectivity index (χ0v) is 18.9. The fourth-order valence-corrected chi connectivity index (χ4v) is 5.91. The average Bonchev–Trinajstić information content (AvgIpc) is 3.15. The predicted molar refractivity (Wildman–Crippen MR) is 127 cm³/mol. The van der Waals surface area contributed by atoms with Gasteiger partial charge in [-0.3, -0.25) is 4.79 Å². The standard InChI is InChI=1S/C24H24N2O3S2/c1-29-24(28)22-19-12-7-16(15-5-3-2-4-6-15)13-20(19)31-23(22)26-21(27)14-30-18-10-8-17(25)9-11-18/h2-6,8-11,16H,7,12-14,25H2,1H3,(H,26,27). The van der Waals surface area contributed by atoms with Crippen LogP contribution in [0.1, 0.15) is 38.7 Å². The molecule has 0 saturated carbocycles. The molecule has 1 aliphatic rings. The van der Waals surface area contributed by atoms with Crippen LogP contribution in [0.2, 0.25) is 0 Å². The highest BCUT2D eigenvalue weighted by atomic mass is 32.2. The van der Waals surface area contributed by atoms with Gasteiger partial charge < -0.3 is 15.8 Å². The lowest BCUT2D eigenvalue weighted by molar-refractivity contribution is -0.113. The third-order valence-corrected chi connectivity index (χ3v) is 7.61. The van der Waals surface area contributed by atoms with Crippen molar-refractivity contribution in [2.45, 2.75) is 30.1 Å². The van der Waals surface area contributed by atoms with Crippen LogP contribution < -0.4 is 11.1 Å². The number of rotatable bonds is 6. The zero-order chi connectivity index (χ0) is 21.8. The van der Waals surface area contributed by atoms with Crippen LogP contribution >= 0.6 is 23.1 Å². The lowest BCUT2D eigenvalue weighted by atomic mass is 9.83. The topological polar surface area (TPSA) is 81.4 Å². The van der Waals surface area contributed by atoms with E-state index in [1.165, 1.54) is 35.8 Å². The van der Waals surface area contributed by atoms with E-state index in [4.69, 9.17) is 10.5 Å². The molecule has 3 N–H and O–H groups in total. The summed E-state index contributed by atoms with van der Waals surface area (Å²) >= 11 is 2.93. The normalized spacial score (nSPS) is 15.2. The molecule has 31 heavy (non-hydrogen) atoms. The number of carbonyl (C=O) groups is 2. The van der Waals surface area contributed by atoms with Gasteiger partial charge in [0, 0.05) is 15.5 Å². The van der Waals surface area contributed by atoms with Crippen LogP contribution in [0.5, 0.6) is 0 Å². The third-order valence-electron chi connectivity index (χ3n) is 5.43. The van der Waals surface area contributed by atoms with Crippen LogP contribution in [0.15, 0.2) is 59.5 Å². The summed E-state index contributed by atoms with van der Waals surface area (Å²) in [5.74, 6) is 0.129. The Morgan fingerprint density at radius 2 is 1.90 bits per heavy atom. The Hall–Kier alpha value is -2.77. The van der Waals surface area contributed by atoms with Crippen molar-refractivity contribution in [3.8, 4) is 0 Å². The number of carbonyl (C=O) groups excluding carboxylic acids is 2. The van der Waals surface area contributed by atoms with Gasteiger partial charge in [0.15, 0.2) is 0 Å². The quantitative estimate of drug-likeness (QED) is 0.308. The summed E-state index contributed by atoms with van der Waals surface area (Å²) in [6, 6.07) is 17.9. The number of anilines is 2. The van der Waals surface area contributed by atoms with E-state index in [0.717, 1.165) is 34.6 Å². The second kappa shape index (κ2) is 9.58. The van der Waals surface area contributed by atoms with Crippen LogP contribution in [-0.4, -0.2) is 24.7 Å². The van der Waals surface area contributed by atoms with Crippen LogP contribution in [0.4, 0.5) is 10.7 Å². The van der Waals surface area contributed by atoms with Crippen molar-refractivity contribution in [1.82, 2.24) is 0 Å². The van der Waals surface area contributed by atoms with Crippen molar-refractivity contribution in [1.29, 1.82) is 0 Å². The maximum atomic E-state index is 12.6. The minimum atomic E-state index is -0.392. The number of methoxy groups -OCH3 is 1. The van der Waals surface area contributed by atoms with E-state index in [2.05, 4.69) is 29.6 Å². The molecule has 2 aromatic carbocycles. The molecule has 0 aliphatic heterocycles.